The fraction of sp³-hybridized carbons (Fsp3) is 0.182. The van der Waals surface area contributed by atoms with Gasteiger partial charge in [-0.25, -0.2) is 4.98 Å². The average Bonchev–Trinajstić information content (AvgIpc) is 3.12. The molecular formula is C22H19N3O2S. The lowest BCUT2D eigenvalue weighted by Crippen LogP contribution is -1.90. The molecule has 140 valence electrons. The Hall–Kier alpha value is -3.30. The topological polar surface area (TPSA) is 79.8 Å². The molecular weight excluding hydrogens is 370 g/mol. The van der Waals surface area contributed by atoms with Crippen LogP contribution in [0.4, 0.5) is 5.69 Å². The van der Waals surface area contributed by atoms with Gasteiger partial charge in [-0.15, -0.1) is 11.3 Å². The molecule has 0 bridgehead atoms. The van der Waals surface area contributed by atoms with Gasteiger partial charge in [-0.3, -0.25) is 10.1 Å². The van der Waals surface area contributed by atoms with Crippen LogP contribution in [0.5, 0.6) is 0 Å². The van der Waals surface area contributed by atoms with E-state index in [0.717, 1.165) is 33.7 Å². The maximum atomic E-state index is 11.0. The lowest BCUT2D eigenvalue weighted by molar-refractivity contribution is -0.384. The van der Waals surface area contributed by atoms with Gasteiger partial charge in [0, 0.05) is 22.6 Å². The second-order valence-electron chi connectivity index (χ2n) is 6.48. The van der Waals surface area contributed by atoms with E-state index in [9.17, 15) is 15.4 Å². The third kappa shape index (κ3) is 4.00. The van der Waals surface area contributed by atoms with Crippen LogP contribution < -0.4 is 0 Å². The highest BCUT2D eigenvalue weighted by atomic mass is 32.1. The molecule has 0 atom stereocenters. The number of allylic oxidation sites excluding steroid dienone is 1. The monoisotopic (exact) mass is 389 g/mol. The fourth-order valence-electron chi connectivity index (χ4n) is 2.94. The first kappa shape index (κ1) is 19.5. The van der Waals surface area contributed by atoms with E-state index in [-0.39, 0.29) is 5.69 Å². The molecule has 0 saturated heterocycles. The van der Waals surface area contributed by atoms with Crippen molar-refractivity contribution >= 4 is 28.7 Å². The van der Waals surface area contributed by atoms with Crippen molar-refractivity contribution < 1.29 is 4.92 Å². The van der Waals surface area contributed by atoms with Gasteiger partial charge in [-0.1, -0.05) is 36.8 Å². The van der Waals surface area contributed by atoms with Gasteiger partial charge >= 0.3 is 0 Å². The molecule has 0 amide bonds. The summed E-state index contributed by atoms with van der Waals surface area (Å²) in [6, 6.07) is 14.7. The Bertz CT molecular complexity index is 1120. The summed E-state index contributed by atoms with van der Waals surface area (Å²) in [5, 5.41) is 21.3. The van der Waals surface area contributed by atoms with Crippen molar-refractivity contribution in [3.05, 3.63) is 79.2 Å². The van der Waals surface area contributed by atoms with E-state index in [1.165, 1.54) is 23.5 Å². The van der Waals surface area contributed by atoms with Gasteiger partial charge in [-0.05, 0) is 43.5 Å². The van der Waals surface area contributed by atoms with Crippen molar-refractivity contribution in [2.45, 2.75) is 27.2 Å². The number of aryl methyl sites for hydroxylation is 3. The zero-order valence-corrected chi connectivity index (χ0v) is 16.7. The molecule has 0 aliphatic carbocycles. The predicted octanol–water partition coefficient (Wildman–Crippen LogP) is 5.96. The molecule has 5 nitrogen and oxygen atoms in total. The number of benzene rings is 2. The van der Waals surface area contributed by atoms with E-state index in [2.05, 4.69) is 38.1 Å². The van der Waals surface area contributed by atoms with Crippen molar-refractivity contribution in [1.82, 2.24) is 4.98 Å². The standard InChI is InChI=1S/C22H19N3O2S/c1-4-20-21(19-10-14(2)8-9-15(19)3)24-22(28-20)17(13-23)11-16-6-5-7-18(12-16)25(26)27/h5-12H,4H2,1-3H3. The summed E-state index contributed by atoms with van der Waals surface area (Å²) in [6.45, 7) is 6.17. The number of hydrogen-bond donors (Lipinski definition) is 0. The summed E-state index contributed by atoms with van der Waals surface area (Å²) in [6.07, 6.45) is 2.47. The molecule has 0 radical (unpaired) electrons. The number of rotatable bonds is 5. The van der Waals surface area contributed by atoms with Gasteiger partial charge < -0.3 is 0 Å². The van der Waals surface area contributed by atoms with Gasteiger partial charge in [0.05, 0.1) is 16.2 Å². The van der Waals surface area contributed by atoms with Gasteiger partial charge in [0.1, 0.15) is 11.1 Å². The first-order valence-corrected chi connectivity index (χ1v) is 9.68. The molecule has 1 heterocycles. The Kier molecular flexibility index (Phi) is 5.67. The van der Waals surface area contributed by atoms with E-state index in [1.807, 2.05) is 6.92 Å². The molecule has 0 saturated carbocycles. The molecule has 0 N–H and O–H groups in total. The largest absolute Gasteiger partial charge is 0.270 e. The van der Waals surface area contributed by atoms with Gasteiger partial charge in [0.2, 0.25) is 0 Å². The summed E-state index contributed by atoms with van der Waals surface area (Å²) in [7, 11) is 0. The highest BCUT2D eigenvalue weighted by Gasteiger charge is 2.17. The Labute approximate surface area is 167 Å². The van der Waals surface area contributed by atoms with E-state index in [0.29, 0.717) is 16.1 Å². The van der Waals surface area contributed by atoms with Gasteiger partial charge in [-0.2, -0.15) is 5.26 Å². The van der Waals surface area contributed by atoms with Crippen molar-refractivity contribution in [1.29, 1.82) is 5.26 Å². The van der Waals surface area contributed by atoms with Crippen LogP contribution in [0.25, 0.3) is 22.9 Å². The zero-order chi connectivity index (χ0) is 20.3. The highest BCUT2D eigenvalue weighted by Crippen LogP contribution is 2.34. The van der Waals surface area contributed by atoms with Crippen molar-refractivity contribution in [3.63, 3.8) is 0 Å². The third-order valence-corrected chi connectivity index (χ3v) is 5.64. The number of nitriles is 1. The molecule has 0 aliphatic heterocycles. The van der Waals surface area contributed by atoms with Crippen LogP contribution in [0.2, 0.25) is 0 Å². The summed E-state index contributed by atoms with van der Waals surface area (Å²) in [5.74, 6) is 0. The first-order chi connectivity index (χ1) is 13.4. The molecule has 0 spiro atoms. The molecule has 2 aromatic carbocycles. The van der Waals surface area contributed by atoms with Crippen molar-refractivity contribution in [3.8, 4) is 17.3 Å². The minimum atomic E-state index is -0.444. The molecule has 3 rings (SSSR count). The van der Waals surface area contributed by atoms with Crippen molar-refractivity contribution in [2.75, 3.05) is 0 Å². The maximum absolute atomic E-state index is 11.0. The lowest BCUT2D eigenvalue weighted by Gasteiger charge is -2.06. The second kappa shape index (κ2) is 8.15. The van der Waals surface area contributed by atoms with E-state index in [1.54, 1.807) is 18.2 Å². The van der Waals surface area contributed by atoms with E-state index >= 15 is 0 Å². The van der Waals surface area contributed by atoms with Gasteiger partial charge in [0.25, 0.3) is 5.69 Å². The number of nitro benzene ring substituents is 1. The Morgan fingerprint density at radius 2 is 2.07 bits per heavy atom. The zero-order valence-electron chi connectivity index (χ0n) is 15.9. The Balaban J connectivity index is 2.09. The van der Waals surface area contributed by atoms with Crippen LogP contribution in [0.15, 0.2) is 42.5 Å². The molecule has 3 aromatic rings. The number of aromatic nitrogens is 1. The SMILES string of the molecule is CCc1sc(C(C#N)=Cc2cccc([N+](=O)[O-])c2)nc1-c1cc(C)ccc1C. The smallest absolute Gasteiger partial charge is 0.258 e. The average molecular weight is 389 g/mol. The molecule has 6 heteroatoms. The van der Waals surface area contributed by atoms with Crippen molar-refractivity contribution in [2.24, 2.45) is 0 Å². The molecule has 1 aromatic heterocycles. The molecule has 28 heavy (non-hydrogen) atoms. The minimum Gasteiger partial charge on any atom is -0.258 e. The lowest BCUT2D eigenvalue weighted by atomic mass is 10.0. The van der Waals surface area contributed by atoms with Crippen LogP contribution in [0.1, 0.15) is 33.5 Å². The second-order valence-corrected chi connectivity index (χ2v) is 7.57. The molecule has 0 unspecified atom stereocenters. The van der Waals surface area contributed by atoms with Crippen LogP contribution in [0.3, 0.4) is 0 Å². The quantitative estimate of drug-likeness (QED) is 0.306. The van der Waals surface area contributed by atoms with Crippen LogP contribution in [-0.4, -0.2) is 9.91 Å². The normalized spacial score (nSPS) is 11.3. The Morgan fingerprint density at radius 1 is 1.29 bits per heavy atom. The number of hydrogen-bond acceptors (Lipinski definition) is 5. The van der Waals surface area contributed by atoms with E-state index < -0.39 is 4.92 Å². The number of nitro groups is 1. The fourth-order valence-corrected chi connectivity index (χ4v) is 3.93. The van der Waals surface area contributed by atoms with Crippen LogP contribution >= 0.6 is 11.3 Å². The van der Waals surface area contributed by atoms with Gasteiger partial charge in [0.15, 0.2) is 0 Å². The molecule has 0 fully saturated rings. The predicted molar refractivity (Wildman–Crippen MR) is 113 cm³/mol. The number of non-ortho nitro benzene ring substituents is 1. The minimum absolute atomic E-state index is 0.00417. The summed E-state index contributed by atoms with van der Waals surface area (Å²) in [5.41, 5.74) is 5.28. The number of nitrogens with zero attached hydrogens (tertiary/aromatic N) is 3. The maximum Gasteiger partial charge on any atom is 0.270 e. The summed E-state index contributed by atoms with van der Waals surface area (Å²) >= 11 is 1.50. The highest BCUT2D eigenvalue weighted by molar-refractivity contribution is 7.13. The van der Waals surface area contributed by atoms with Crippen LogP contribution in [-0.2, 0) is 6.42 Å². The molecule has 0 aliphatic rings. The van der Waals surface area contributed by atoms with E-state index in [4.69, 9.17) is 4.98 Å². The summed E-state index contributed by atoms with van der Waals surface area (Å²) < 4.78 is 0. The Morgan fingerprint density at radius 3 is 2.75 bits per heavy atom. The van der Waals surface area contributed by atoms with Crippen LogP contribution in [0, 0.1) is 35.3 Å². The first-order valence-electron chi connectivity index (χ1n) is 8.87. The number of thiazole rings is 1. The third-order valence-electron chi connectivity index (χ3n) is 4.41. The summed E-state index contributed by atoms with van der Waals surface area (Å²) in [4.78, 5) is 16.4.